The molecule has 5 heteroatoms. The van der Waals surface area contributed by atoms with Crippen LogP contribution in [0.5, 0.6) is 0 Å². The van der Waals surface area contributed by atoms with E-state index in [9.17, 15) is 5.11 Å². The average Bonchev–Trinajstić information content (AvgIpc) is 3.18. The third-order valence-corrected chi connectivity index (χ3v) is 10.2. The van der Waals surface area contributed by atoms with Crippen LogP contribution in [0, 0.1) is 12.3 Å². The molecule has 146 valence electrons. The van der Waals surface area contributed by atoms with Gasteiger partial charge in [0.05, 0.1) is 6.61 Å². The van der Waals surface area contributed by atoms with Crippen molar-refractivity contribution in [2.24, 2.45) is 5.16 Å². The van der Waals surface area contributed by atoms with Gasteiger partial charge in [0.15, 0.2) is 6.10 Å². The molecule has 0 spiro atoms. The van der Waals surface area contributed by atoms with Crippen LogP contribution in [0.1, 0.15) is 27.2 Å². The molecular weight excluding hydrogens is 366 g/mol. The highest BCUT2D eigenvalue weighted by molar-refractivity contribution is 6.99. The summed E-state index contributed by atoms with van der Waals surface area (Å²) in [4.78, 5) is 5.31. The molecule has 1 N–H and O–H groups in total. The lowest BCUT2D eigenvalue weighted by Gasteiger charge is -2.43. The molecule has 0 unspecified atom stereocenters. The second kappa shape index (κ2) is 8.32. The van der Waals surface area contributed by atoms with Crippen LogP contribution in [0.25, 0.3) is 0 Å². The molecule has 0 aromatic heterocycles. The van der Waals surface area contributed by atoms with Gasteiger partial charge in [0.2, 0.25) is 0 Å². The van der Waals surface area contributed by atoms with Crippen molar-refractivity contribution in [1.29, 1.82) is 0 Å². The van der Waals surface area contributed by atoms with Crippen LogP contribution in [0.4, 0.5) is 0 Å². The Morgan fingerprint density at radius 3 is 2.11 bits per heavy atom. The van der Waals surface area contributed by atoms with Crippen molar-refractivity contribution in [2.45, 2.75) is 44.4 Å². The summed E-state index contributed by atoms with van der Waals surface area (Å²) in [6.45, 7) is 6.77. The van der Waals surface area contributed by atoms with E-state index in [1.807, 2.05) is 36.4 Å². The molecule has 0 aliphatic carbocycles. The Morgan fingerprint density at radius 1 is 1.14 bits per heavy atom. The fraction of sp³-hybridized carbons (Fsp3) is 0.348. The number of hydrogen-bond donors (Lipinski definition) is 1. The highest BCUT2D eigenvalue weighted by Gasteiger charge is 2.50. The molecule has 1 aliphatic rings. The molecule has 28 heavy (non-hydrogen) atoms. The minimum Gasteiger partial charge on any atom is -0.405 e. The zero-order valence-corrected chi connectivity index (χ0v) is 17.6. The predicted octanol–water partition coefficient (Wildman–Crippen LogP) is 2.70. The van der Waals surface area contributed by atoms with Crippen molar-refractivity contribution in [3.63, 3.8) is 0 Å². The largest absolute Gasteiger partial charge is 0.405 e. The lowest BCUT2D eigenvalue weighted by atomic mass is 10.1. The normalized spacial score (nSPS) is 18.1. The van der Waals surface area contributed by atoms with Gasteiger partial charge in [0, 0.05) is 6.42 Å². The molecule has 0 bridgehead atoms. The van der Waals surface area contributed by atoms with Gasteiger partial charge < -0.3 is 14.4 Å². The third-order valence-electron chi connectivity index (χ3n) is 5.18. The van der Waals surface area contributed by atoms with E-state index in [-0.39, 0.29) is 11.6 Å². The molecule has 0 amide bonds. The zero-order valence-electron chi connectivity index (χ0n) is 16.6. The number of aliphatic hydroxyl groups is 1. The summed E-state index contributed by atoms with van der Waals surface area (Å²) >= 11 is 0. The highest BCUT2D eigenvalue weighted by atomic mass is 28.4. The van der Waals surface area contributed by atoms with E-state index in [1.54, 1.807) is 0 Å². The number of hydrogen-bond acceptors (Lipinski definition) is 4. The van der Waals surface area contributed by atoms with Crippen molar-refractivity contribution in [3.05, 3.63) is 60.7 Å². The standard InChI is InChI=1S/C23H27NO3Si/c1-5-18-16-22(27-24-18)21(25)17-26-28(23(2,3)4,19-12-8-6-9-13-19)20-14-10-7-11-15-20/h1,6-15,21-22,25H,16-17H2,2-4H3/t21-,22+/m1/s1. The summed E-state index contributed by atoms with van der Waals surface area (Å²) in [5.74, 6) is 2.48. The fourth-order valence-corrected chi connectivity index (χ4v) is 8.34. The summed E-state index contributed by atoms with van der Waals surface area (Å²) in [5.41, 5.74) is 0.523. The zero-order chi connectivity index (χ0) is 20.2. The quantitative estimate of drug-likeness (QED) is 0.606. The van der Waals surface area contributed by atoms with E-state index in [4.69, 9.17) is 15.7 Å². The van der Waals surface area contributed by atoms with Gasteiger partial charge in [-0.3, -0.25) is 0 Å². The van der Waals surface area contributed by atoms with Crippen molar-refractivity contribution < 1.29 is 14.4 Å². The van der Waals surface area contributed by atoms with Crippen molar-refractivity contribution in [1.82, 2.24) is 0 Å². The second-order valence-corrected chi connectivity index (χ2v) is 12.4. The van der Waals surface area contributed by atoms with Gasteiger partial charge >= 0.3 is 0 Å². The topological polar surface area (TPSA) is 51.0 Å². The van der Waals surface area contributed by atoms with E-state index in [1.165, 1.54) is 10.4 Å². The van der Waals surface area contributed by atoms with Crippen molar-refractivity contribution in [2.75, 3.05) is 6.61 Å². The summed E-state index contributed by atoms with van der Waals surface area (Å²) in [5, 5.41) is 16.8. The van der Waals surface area contributed by atoms with Crippen LogP contribution < -0.4 is 10.4 Å². The molecule has 2 aromatic carbocycles. The van der Waals surface area contributed by atoms with Crippen LogP contribution in [0.15, 0.2) is 65.8 Å². The Kier molecular flexibility index (Phi) is 6.04. The number of aliphatic hydroxyl groups excluding tert-OH is 1. The molecule has 1 heterocycles. The van der Waals surface area contributed by atoms with Gasteiger partial charge in [-0.1, -0.05) is 92.5 Å². The first-order chi connectivity index (χ1) is 13.4. The first-order valence-electron chi connectivity index (χ1n) is 9.51. The van der Waals surface area contributed by atoms with Gasteiger partial charge in [-0.2, -0.15) is 0 Å². The van der Waals surface area contributed by atoms with E-state index in [0.29, 0.717) is 12.1 Å². The third kappa shape index (κ3) is 3.90. The van der Waals surface area contributed by atoms with Gasteiger partial charge in [-0.25, -0.2) is 0 Å². The first kappa shape index (κ1) is 20.3. The smallest absolute Gasteiger partial charge is 0.261 e. The summed E-state index contributed by atoms with van der Waals surface area (Å²) in [6.07, 6.45) is 4.54. The number of nitrogens with zero attached hydrogens (tertiary/aromatic N) is 1. The van der Waals surface area contributed by atoms with Crippen molar-refractivity contribution >= 4 is 24.4 Å². The Hall–Kier alpha value is -2.39. The second-order valence-electron chi connectivity index (χ2n) is 8.07. The summed E-state index contributed by atoms with van der Waals surface area (Å²) in [7, 11) is -2.68. The molecule has 2 atom stereocenters. The van der Waals surface area contributed by atoms with Crippen LogP contribution in [0.3, 0.4) is 0 Å². The highest BCUT2D eigenvalue weighted by Crippen LogP contribution is 2.37. The minimum atomic E-state index is -2.68. The number of terminal acetylenes is 1. The maximum Gasteiger partial charge on any atom is 0.261 e. The molecule has 0 fully saturated rings. The molecule has 2 aromatic rings. The Labute approximate surface area is 168 Å². The summed E-state index contributed by atoms with van der Waals surface area (Å²) < 4.78 is 6.72. The summed E-state index contributed by atoms with van der Waals surface area (Å²) in [6, 6.07) is 20.7. The Balaban J connectivity index is 1.94. The van der Waals surface area contributed by atoms with E-state index in [2.05, 4.69) is 56.1 Å². The molecule has 4 nitrogen and oxygen atoms in total. The number of rotatable bonds is 6. The number of oxime groups is 1. The van der Waals surface area contributed by atoms with Gasteiger partial charge in [0.1, 0.15) is 11.8 Å². The van der Waals surface area contributed by atoms with Crippen molar-refractivity contribution in [3.8, 4) is 12.3 Å². The molecule has 0 saturated carbocycles. The minimum absolute atomic E-state index is 0.146. The molecule has 3 rings (SSSR count). The van der Waals surface area contributed by atoms with Gasteiger partial charge in [0.25, 0.3) is 8.32 Å². The maximum atomic E-state index is 10.7. The Bertz CT molecular complexity index is 813. The van der Waals surface area contributed by atoms with Crippen LogP contribution in [-0.2, 0) is 9.26 Å². The van der Waals surface area contributed by atoms with E-state index >= 15 is 0 Å². The SMILES string of the molecule is C#CC1=NO[C@H]([C@H](O)CO[Si](c2ccccc2)(c2ccccc2)C(C)(C)C)C1. The maximum absolute atomic E-state index is 10.7. The van der Waals surface area contributed by atoms with Crippen LogP contribution in [0.2, 0.25) is 5.04 Å². The molecular formula is C23H27NO3Si. The average molecular weight is 394 g/mol. The van der Waals surface area contributed by atoms with E-state index < -0.39 is 20.5 Å². The lowest BCUT2D eigenvalue weighted by Crippen LogP contribution is -2.67. The fourth-order valence-electron chi connectivity index (χ4n) is 3.77. The first-order valence-corrected chi connectivity index (χ1v) is 11.4. The number of benzene rings is 2. The molecule has 0 saturated heterocycles. The molecule has 1 aliphatic heterocycles. The molecule has 0 radical (unpaired) electrons. The monoisotopic (exact) mass is 393 g/mol. The van der Waals surface area contributed by atoms with Gasteiger partial charge in [-0.05, 0) is 15.4 Å². The van der Waals surface area contributed by atoms with E-state index in [0.717, 1.165) is 0 Å². The predicted molar refractivity (Wildman–Crippen MR) is 115 cm³/mol. The lowest BCUT2D eigenvalue weighted by molar-refractivity contribution is -0.0376. The Morgan fingerprint density at radius 2 is 1.68 bits per heavy atom. The van der Waals surface area contributed by atoms with Gasteiger partial charge in [-0.15, -0.1) is 6.42 Å². The van der Waals surface area contributed by atoms with Crippen LogP contribution in [-0.4, -0.2) is 38.0 Å². The van der Waals surface area contributed by atoms with Crippen LogP contribution >= 0.6 is 0 Å².